The second-order valence-electron chi connectivity index (χ2n) is 5.74. The first-order valence-corrected chi connectivity index (χ1v) is 9.72. The molecule has 2 aromatic rings. The van der Waals surface area contributed by atoms with Gasteiger partial charge in [0.1, 0.15) is 0 Å². The van der Waals surface area contributed by atoms with Crippen LogP contribution in [-0.4, -0.2) is 27.1 Å². The second-order valence-corrected chi connectivity index (χ2v) is 7.64. The molecule has 1 N–H and O–H groups in total. The molecule has 2 rings (SSSR count). The average molecular weight is 358 g/mol. The van der Waals surface area contributed by atoms with Crippen molar-refractivity contribution < 1.29 is 13.2 Å². The lowest BCUT2D eigenvalue weighted by Crippen LogP contribution is -2.30. The van der Waals surface area contributed by atoms with E-state index < -0.39 is 10.0 Å². The van der Waals surface area contributed by atoms with Crippen molar-refractivity contribution in [2.24, 2.45) is 0 Å². The van der Waals surface area contributed by atoms with E-state index in [1.165, 1.54) is 10.4 Å². The quantitative estimate of drug-likeness (QED) is 0.773. The molecule has 0 fully saturated rings. The minimum Gasteiger partial charge on any atom is -0.346 e. The Bertz CT molecular complexity index is 831. The van der Waals surface area contributed by atoms with Gasteiger partial charge in [0.2, 0.25) is 10.0 Å². The van der Waals surface area contributed by atoms with Gasteiger partial charge in [0.05, 0.1) is 24.5 Å². The first kappa shape index (κ1) is 18.7. The molecular weight excluding hydrogens is 336 g/mol. The summed E-state index contributed by atoms with van der Waals surface area (Å²) in [4.78, 5) is 12.4. The molecule has 0 spiro atoms. The van der Waals surface area contributed by atoms with E-state index >= 15 is 0 Å². The highest BCUT2D eigenvalue weighted by Gasteiger charge is 2.17. The Kier molecular flexibility index (Phi) is 5.98. The number of anilines is 1. The normalized spacial score (nSPS) is 12.2. The molecule has 0 aliphatic heterocycles. The maximum absolute atomic E-state index is 12.4. The predicted octanol–water partition coefficient (Wildman–Crippen LogP) is 3.13. The fourth-order valence-corrected chi connectivity index (χ4v) is 3.31. The Labute approximate surface area is 149 Å². The van der Waals surface area contributed by atoms with Crippen LogP contribution in [0.15, 0.2) is 67.3 Å². The van der Waals surface area contributed by atoms with Gasteiger partial charge in [0.25, 0.3) is 5.91 Å². The van der Waals surface area contributed by atoms with Gasteiger partial charge in [-0.25, -0.2) is 8.42 Å². The van der Waals surface area contributed by atoms with Gasteiger partial charge in [-0.3, -0.25) is 9.10 Å². The van der Waals surface area contributed by atoms with Crippen LogP contribution >= 0.6 is 0 Å². The molecule has 1 amide bonds. The summed E-state index contributed by atoms with van der Waals surface area (Å²) < 4.78 is 24.9. The van der Waals surface area contributed by atoms with E-state index in [-0.39, 0.29) is 18.5 Å². The van der Waals surface area contributed by atoms with Crippen LogP contribution in [0.4, 0.5) is 5.69 Å². The van der Waals surface area contributed by atoms with Crippen molar-refractivity contribution in [2.45, 2.75) is 13.0 Å². The fraction of sp³-hybridized carbons (Fsp3) is 0.211. The summed E-state index contributed by atoms with van der Waals surface area (Å²) in [5.74, 6) is -0.211. The van der Waals surface area contributed by atoms with Crippen molar-refractivity contribution >= 4 is 21.6 Å². The lowest BCUT2D eigenvalue weighted by atomic mass is 10.1. The van der Waals surface area contributed by atoms with Gasteiger partial charge in [-0.15, -0.1) is 6.58 Å². The number of carbonyl (C=O) groups excluding carboxylic acids is 1. The van der Waals surface area contributed by atoms with E-state index in [0.29, 0.717) is 11.3 Å². The van der Waals surface area contributed by atoms with E-state index in [1.54, 1.807) is 24.3 Å². The van der Waals surface area contributed by atoms with E-state index in [1.807, 2.05) is 37.3 Å². The SMILES string of the molecule is C=CCN(c1ccc(C(=O)N[C@@H](C)c2ccccc2)cc1)S(C)(=O)=O. The van der Waals surface area contributed by atoms with Crippen molar-refractivity contribution in [2.75, 3.05) is 17.1 Å². The van der Waals surface area contributed by atoms with Crippen molar-refractivity contribution in [3.05, 3.63) is 78.4 Å². The third-order valence-electron chi connectivity index (χ3n) is 3.76. The Hall–Kier alpha value is -2.60. The number of nitrogens with zero attached hydrogens (tertiary/aromatic N) is 1. The van der Waals surface area contributed by atoms with Crippen LogP contribution in [0, 0.1) is 0 Å². The number of carbonyl (C=O) groups is 1. The average Bonchev–Trinajstić information content (AvgIpc) is 2.59. The molecule has 6 heteroatoms. The number of benzene rings is 2. The molecule has 0 heterocycles. The number of rotatable bonds is 7. The summed E-state index contributed by atoms with van der Waals surface area (Å²) in [6, 6.07) is 16.0. The lowest BCUT2D eigenvalue weighted by molar-refractivity contribution is 0.0940. The number of amides is 1. The van der Waals surface area contributed by atoms with Crippen LogP contribution in [0.2, 0.25) is 0 Å². The van der Waals surface area contributed by atoms with E-state index in [4.69, 9.17) is 0 Å². The second kappa shape index (κ2) is 7.98. The van der Waals surface area contributed by atoms with Gasteiger partial charge in [-0.1, -0.05) is 36.4 Å². The molecule has 0 saturated heterocycles. The molecule has 132 valence electrons. The Morgan fingerprint density at radius 3 is 2.28 bits per heavy atom. The first-order valence-electron chi connectivity index (χ1n) is 7.87. The van der Waals surface area contributed by atoms with Crippen LogP contribution in [0.25, 0.3) is 0 Å². The van der Waals surface area contributed by atoms with Crippen molar-refractivity contribution in [1.82, 2.24) is 5.32 Å². The zero-order valence-electron chi connectivity index (χ0n) is 14.3. The molecule has 0 radical (unpaired) electrons. The maximum Gasteiger partial charge on any atom is 0.251 e. The molecule has 0 aliphatic rings. The number of sulfonamides is 1. The fourth-order valence-electron chi connectivity index (χ4n) is 2.43. The number of hydrogen-bond donors (Lipinski definition) is 1. The summed E-state index contributed by atoms with van der Waals surface area (Å²) in [5.41, 5.74) is 1.98. The number of nitrogens with one attached hydrogen (secondary N) is 1. The molecule has 1 atom stereocenters. The summed E-state index contributed by atoms with van der Waals surface area (Å²) >= 11 is 0. The van der Waals surface area contributed by atoms with Gasteiger partial charge in [0.15, 0.2) is 0 Å². The van der Waals surface area contributed by atoms with E-state index in [9.17, 15) is 13.2 Å². The van der Waals surface area contributed by atoms with Crippen LogP contribution in [0.3, 0.4) is 0 Å². The highest BCUT2D eigenvalue weighted by molar-refractivity contribution is 7.92. The van der Waals surface area contributed by atoms with Crippen LogP contribution in [0.5, 0.6) is 0 Å². The van der Waals surface area contributed by atoms with Crippen molar-refractivity contribution in [3.63, 3.8) is 0 Å². The van der Waals surface area contributed by atoms with Gasteiger partial charge >= 0.3 is 0 Å². The third kappa shape index (κ3) is 4.93. The topological polar surface area (TPSA) is 66.5 Å². The van der Waals surface area contributed by atoms with Gasteiger partial charge in [-0.2, -0.15) is 0 Å². The largest absolute Gasteiger partial charge is 0.346 e. The molecule has 5 nitrogen and oxygen atoms in total. The molecule has 0 saturated carbocycles. The Morgan fingerprint density at radius 2 is 1.76 bits per heavy atom. The summed E-state index contributed by atoms with van der Waals surface area (Å²) in [6.07, 6.45) is 2.65. The summed E-state index contributed by atoms with van der Waals surface area (Å²) in [6.45, 7) is 5.67. The number of hydrogen-bond acceptors (Lipinski definition) is 3. The van der Waals surface area contributed by atoms with Crippen molar-refractivity contribution in [3.8, 4) is 0 Å². The lowest BCUT2D eigenvalue weighted by Gasteiger charge is -2.21. The molecule has 0 unspecified atom stereocenters. The molecule has 0 aromatic heterocycles. The summed E-state index contributed by atoms with van der Waals surface area (Å²) in [5, 5.41) is 2.93. The standard InChI is InChI=1S/C19H22N2O3S/c1-4-14-21(25(3,23)24)18-12-10-17(11-13-18)19(22)20-15(2)16-8-6-5-7-9-16/h4-13,15H,1,14H2,2-3H3,(H,20,22)/t15-/m0/s1. The van der Waals surface area contributed by atoms with E-state index in [2.05, 4.69) is 11.9 Å². The van der Waals surface area contributed by atoms with Crippen LogP contribution in [-0.2, 0) is 10.0 Å². The predicted molar refractivity (Wildman–Crippen MR) is 101 cm³/mol. The first-order chi connectivity index (χ1) is 11.8. The third-order valence-corrected chi connectivity index (χ3v) is 4.92. The Balaban J connectivity index is 2.13. The smallest absolute Gasteiger partial charge is 0.251 e. The zero-order chi connectivity index (χ0) is 18.4. The zero-order valence-corrected chi connectivity index (χ0v) is 15.2. The highest BCUT2D eigenvalue weighted by atomic mass is 32.2. The minimum atomic E-state index is -3.41. The Morgan fingerprint density at radius 1 is 1.16 bits per heavy atom. The van der Waals surface area contributed by atoms with Gasteiger partial charge < -0.3 is 5.32 Å². The summed E-state index contributed by atoms with van der Waals surface area (Å²) in [7, 11) is -3.41. The monoisotopic (exact) mass is 358 g/mol. The molecule has 2 aromatic carbocycles. The molecular formula is C19H22N2O3S. The van der Waals surface area contributed by atoms with Gasteiger partial charge in [-0.05, 0) is 36.8 Å². The van der Waals surface area contributed by atoms with E-state index in [0.717, 1.165) is 11.8 Å². The van der Waals surface area contributed by atoms with Gasteiger partial charge in [0, 0.05) is 5.56 Å². The maximum atomic E-state index is 12.4. The van der Waals surface area contributed by atoms with Crippen molar-refractivity contribution in [1.29, 1.82) is 0 Å². The molecule has 25 heavy (non-hydrogen) atoms. The van der Waals surface area contributed by atoms with Crippen LogP contribution < -0.4 is 9.62 Å². The minimum absolute atomic E-state index is 0.123. The molecule has 0 bridgehead atoms. The van der Waals surface area contributed by atoms with Crippen LogP contribution in [0.1, 0.15) is 28.9 Å². The highest BCUT2D eigenvalue weighted by Crippen LogP contribution is 2.19. The molecule has 0 aliphatic carbocycles.